The quantitative estimate of drug-likeness (QED) is 0.184. The number of rotatable bonds is 4. The molecule has 0 saturated carbocycles. The molecule has 2 heterocycles. The summed E-state index contributed by atoms with van der Waals surface area (Å²) in [4.78, 5) is 15.5. The molecule has 7 aromatic carbocycles. The third-order valence-corrected chi connectivity index (χ3v) is 11.3. The molecule has 54 heavy (non-hydrogen) atoms. The maximum atomic E-state index is 6.84. The van der Waals surface area contributed by atoms with Crippen molar-refractivity contribution in [1.29, 1.82) is 0 Å². The highest BCUT2D eigenvalue weighted by Crippen LogP contribution is 2.62. The van der Waals surface area contributed by atoms with Gasteiger partial charge in [0.05, 0.1) is 5.41 Å². The van der Waals surface area contributed by atoms with E-state index in [0.717, 1.165) is 52.2 Å². The number of benzene rings is 7. The fourth-order valence-electron chi connectivity index (χ4n) is 8.98. The van der Waals surface area contributed by atoms with Crippen molar-refractivity contribution in [2.45, 2.75) is 18.3 Å². The van der Waals surface area contributed by atoms with E-state index in [9.17, 15) is 0 Å². The molecule has 0 atom stereocenters. The molecule has 1 aliphatic heterocycles. The molecule has 1 aromatic heterocycles. The monoisotopic (exact) mass is 691 g/mol. The standard InChI is InChI=1S/C50H33N3O/c1-3-15-32(16-4-1)35-28-29-40(37-20-8-7-19-36(35)37)49-52-47(33-17-5-2-6-18-33)51-48(53-49)34-27-30-44-46(31-34)54-45-26-14-13-25-43(45)50(44)41-23-11-9-21-38(41)39-22-10-12-24-42(39)50/h1-6,8-18,20-31H,7,19H2. The van der Waals surface area contributed by atoms with Crippen LogP contribution in [0.4, 0.5) is 0 Å². The number of hydrogen-bond acceptors (Lipinski definition) is 4. The Bertz CT molecular complexity index is 2760. The molecule has 0 bridgehead atoms. The fourth-order valence-corrected chi connectivity index (χ4v) is 8.98. The highest BCUT2D eigenvalue weighted by atomic mass is 16.5. The maximum Gasteiger partial charge on any atom is 0.164 e. The van der Waals surface area contributed by atoms with E-state index in [4.69, 9.17) is 19.7 Å². The summed E-state index contributed by atoms with van der Waals surface area (Å²) < 4.78 is 6.84. The Morgan fingerprint density at radius 1 is 0.426 bits per heavy atom. The molecule has 0 fully saturated rings. The van der Waals surface area contributed by atoms with Crippen molar-refractivity contribution in [2.24, 2.45) is 0 Å². The lowest BCUT2D eigenvalue weighted by Crippen LogP contribution is -2.32. The molecule has 0 radical (unpaired) electrons. The van der Waals surface area contributed by atoms with E-state index in [0.29, 0.717) is 17.5 Å². The van der Waals surface area contributed by atoms with Gasteiger partial charge in [0.2, 0.25) is 0 Å². The van der Waals surface area contributed by atoms with Gasteiger partial charge in [0.25, 0.3) is 0 Å². The third kappa shape index (κ3) is 4.53. The normalized spacial score (nSPS) is 14.0. The van der Waals surface area contributed by atoms with E-state index < -0.39 is 5.41 Å². The minimum absolute atomic E-state index is 0.527. The van der Waals surface area contributed by atoms with Gasteiger partial charge in [0.1, 0.15) is 11.5 Å². The zero-order valence-corrected chi connectivity index (χ0v) is 29.4. The van der Waals surface area contributed by atoms with Gasteiger partial charge in [0, 0.05) is 27.8 Å². The van der Waals surface area contributed by atoms with Crippen LogP contribution < -0.4 is 4.74 Å². The van der Waals surface area contributed by atoms with Crippen LogP contribution in [0.15, 0.2) is 170 Å². The molecule has 4 nitrogen and oxygen atoms in total. The lowest BCUT2D eigenvalue weighted by Gasteiger charge is -2.39. The summed E-state index contributed by atoms with van der Waals surface area (Å²) in [6.45, 7) is 0. The van der Waals surface area contributed by atoms with Crippen LogP contribution in [0, 0.1) is 0 Å². The Kier molecular flexibility index (Phi) is 6.86. The molecule has 3 aliphatic rings. The summed E-state index contributed by atoms with van der Waals surface area (Å²) in [7, 11) is 0. The van der Waals surface area contributed by atoms with Crippen LogP contribution in [0.25, 0.3) is 62.5 Å². The van der Waals surface area contributed by atoms with Gasteiger partial charge in [-0.15, -0.1) is 0 Å². The number of para-hydroxylation sites is 1. The van der Waals surface area contributed by atoms with E-state index in [1.165, 1.54) is 44.5 Å². The Labute approximate surface area is 314 Å². The summed E-state index contributed by atoms with van der Waals surface area (Å²) in [5.41, 5.74) is 14.6. The van der Waals surface area contributed by atoms with Crippen molar-refractivity contribution in [3.63, 3.8) is 0 Å². The SMILES string of the molecule is C1=Cc2c(-c3nc(-c4ccccc4)nc(-c4ccc5c(c4)Oc4ccccc4C54c5ccccc5-c5ccccc54)n3)ccc(-c3ccccc3)c2CC1. The molecule has 0 saturated heterocycles. The second-order valence-corrected chi connectivity index (χ2v) is 14.2. The van der Waals surface area contributed by atoms with Gasteiger partial charge >= 0.3 is 0 Å². The van der Waals surface area contributed by atoms with Crippen molar-refractivity contribution in [1.82, 2.24) is 15.0 Å². The van der Waals surface area contributed by atoms with E-state index in [1.54, 1.807) is 0 Å². The lowest BCUT2D eigenvalue weighted by atomic mass is 9.66. The first-order chi connectivity index (χ1) is 26.8. The first kappa shape index (κ1) is 30.7. The summed E-state index contributed by atoms with van der Waals surface area (Å²) in [5.74, 6) is 3.54. The van der Waals surface area contributed by atoms with Gasteiger partial charge in [-0.25, -0.2) is 15.0 Å². The lowest BCUT2D eigenvalue weighted by molar-refractivity contribution is 0.436. The van der Waals surface area contributed by atoms with E-state index >= 15 is 0 Å². The molecule has 0 amide bonds. The molecule has 8 aromatic rings. The van der Waals surface area contributed by atoms with Gasteiger partial charge in [0.15, 0.2) is 17.5 Å². The smallest absolute Gasteiger partial charge is 0.164 e. The topological polar surface area (TPSA) is 47.9 Å². The second-order valence-electron chi connectivity index (χ2n) is 14.2. The summed E-state index contributed by atoms with van der Waals surface area (Å²) in [5, 5.41) is 0. The molecule has 4 heteroatoms. The van der Waals surface area contributed by atoms with Crippen LogP contribution in [-0.4, -0.2) is 15.0 Å². The molecule has 11 rings (SSSR count). The van der Waals surface area contributed by atoms with E-state index in [1.807, 2.05) is 18.2 Å². The second kappa shape index (κ2) is 12.1. The van der Waals surface area contributed by atoms with Crippen LogP contribution in [-0.2, 0) is 11.8 Å². The minimum Gasteiger partial charge on any atom is -0.457 e. The minimum atomic E-state index is -0.527. The zero-order valence-electron chi connectivity index (χ0n) is 29.4. The summed E-state index contributed by atoms with van der Waals surface area (Å²) >= 11 is 0. The number of fused-ring (bicyclic) bond motifs is 10. The molecular weight excluding hydrogens is 659 g/mol. The number of allylic oxidation sites excluding steroid dienone is 1. The van der Waals surface area contributed by atoms with Crippen molar-refractivity contribution in [2.75, 3.05) is 0 Å². The Morgan fingerprint density at radius 3 is 1.74 bits per heavy atom. The van der Waals surface area contributed by atoms with Crippen LogP contribution in [0.2, 0.25) is 0 Å². The molecule has 1 spiro atoms. The van der Waals surface area contributed by atoms with Crippen LogP contribution in [0.3, 0.4) is 0 Å². The average molecular weight is 692 g/mol. The maximum absolute atomic E-state index is 6.84. The molecule has 254 valence electrons. The Balaban J connectivity index is 1.12. The van der Waals surface area contributed by atoms with Crippen molar-refractivity contribution in [3.05, 3.63) is 203 Å². The highest BCUT2D eigenvalue weighted by Gasteiger charge is 2.50. The number of ether oxygens (including phenoxy) is 1. The first-order valence-corrected chi connectivity index (χ1v) is 18.6. The van der Waals surface area contributed by atoms with Crippen molar-refractivity contribution in [3.8, 4) is 67.9 Å². The highest BCUT2D eigenvalue weighted by molar-refractivity contribution is 5.89. The molecular formula is C50H33N3O. The van der Waals surface area contributed by atoms with Crippen LogP contribution in [0.5, 0.6) is 11.5 Å². The Hall–Kier alpha value is -6.91. The van der Waals surface area contributed by atoms with E-state index in [2.05, 4.69) is 158 Å². The fraction of sp³-hybridized carbons (Fsp3) is 0.0600. The third-order valence-electron chi connectivity index (χ3n) is 11.3. The predicted octanol–water partition coefficient (Wildman–Crippen LogP) is 12.0. The molecule has 0 unspecified atom stereocenters. The average Bonchev–Trinajstić information content (AvgIpc) is 3.54. The summed E-state index contributed by atoms with van der Waals surface area (Å²) in [6.07, 6.45) is 6.47. The Morgan fingerprint density at radius 2 is 1.00 bits per heavy atom. The van der Waals surface area contributed by atoms with Crippen molar-refractivity contribution < 1.29 is 4.74 Å². The van der Waals surface area contributed by atoms with Gasteiger partial charge in [-0.2, -0.15) is 0 Å². The summed E-state index contributed by atoms with van der Waals surface area (Å²) in [6, 6.07) is 57.8. The zero-order chi connectivity index (χ0) is 35.6. The molecule has 0 N–H and O–H groups in total. The largest absolute Gasteiger partial charge is 0.457 e. The van der Waals surface area contributed by atoms with Crippen LogP contribution in [0.1, 0.15) is 39.8 Å². The number of nitrogens with zero attached hydrogens (tertiary/aromatic N) is 3. The van der Waals surface area contributed by atoms with Gasteiger partial charge in [-0.05, 0) is 75.5 Å². The van der Waals surface area contributed by atoms with Crippen LogP contribution >= 0.6 is 0 Å². The van der Waals surface area contributed by atoms with E-state index in [-0.39, 0.29) is 0 Å². The predicted molar refractivity (Wildman–Crippen MR) is 216 cm³/mol. The molecule has 2 aliphatic carbocycles. The van der Waals surface area contributed by atoms with Gasteiger partial charge in [-0.3, -0.25) is 0 Å². The first-order valence-electron chi connectivity index (χ1n) is 18.6. The van der Waals surface area contributed by atoms with Crippen molar-refractivity contribution >= 4 is 6.08 Å². The van der Waals surface area contributed by atoms with Gasteiger partial charge < -0.3 is 4.74 Å². The van der Waals surface area contributed by atoms with Gasteiger partial charge in [-0.1, -0.05) is 158 Å². The number of hydrogen-bond donors (Lipinski definition) is 0. The number of aromatic nitrogens is 3.